The van der Waals surface area contributed by atoms with E-state index in [1.165, 1.54) is 4.68 Å². The zero-order valence-electron chi connectivity index (χ0n) is 17.1. The highest BCUT2D eigenvalue weighted by Crippen LogP contribution is 2.20. The molecule has 1 aromatic heterocycles. The second kappa shape index (κ2) is 8.54. The lowest BCUT2D eigenvalue weighted by atomic mass is 10.1. The van der Waals surface area contributed by atoms with E-state index < -0.39 is 10.0 Å². The fourth-order valence-corrected chi connectivity index (χ4v) is 5.25. The van der Waals surface area contributed by atoms with Gasteiger partial charge in [-0.25, -0.2) is 13.1 Å². The number of amides is 1. The highest BCUT2D eigenvalue weighted by Gasteiger charge is 2.29. The number of hydrogen-bond acceptors (Lipinski definition) is 4. The first kappa shape index (κ1) is 21.3. The van der Waals surface area contributed by atoms with Crippen molar-refractivity contribution < 1.29 is 13.2 Å². The number of rotatable bonds is 6. The molecule has 1 unspecified atom stereocenters. The van der Waals surface area contributed by atoms with Crippen LogP contribution in [0.1, 0.15) is 47.8 Å². The van der Waals surface area contributed by atoms with Crippen LogP contribution in [0.3, 0.4) is 0 Å². The Morgan fingerprint density at radius 1 is 1.28 bits per heavy atom. The minimum Gasteiger partial charge on any atom is -0.351 e. The van der Waals surface area contributed by atoms with Crippen LogP contribution < -0.4 is 10.9 Å². The second-order valence-corrected chi connectivity index (χ2v) is 9.62. The number of aromatic nitrogens is 2. The summed E-state index contributed by atoms with van der Waals surface area (Å²) in [6.45, 7) is 6.06. The maximum absolute atomic E-state index is 12.6. The van der Waals surface area contributed by atoms with Crippen LogP contribution in [0.4, 0.5) is 0 Å². The maximum atomic E-state index is 12.6. The fraction of sp³-hybridized carbons (Fsp3) is 0.500. The average Bonchev–Trinajstić information content (AvgIpc) is 2.95. The molecule has 1 aliphatic heterocycles. The van der Waals surface area contributed by atoms with Gasteiger partial charge in [-0.1, -0.05) is 12.5 Å². The van der Waals surface area contributed by atoms with Gasteiger partial charge in [-0.05, 0) is 51.8 Å². The number of benzene rings is 1. The predicted octanol–water partition coefficient (Wildman–Crippen LogP) is 1.72. The molecular weight excluding hydrogens is 392 g/mol. The Morgan fingerprint density at radius 2 is 2.03 bits per heavy atom. The molecule has 1 fully saturated rings. The molecule has 1 aromatic carbocycles. The van der Waals surface area contributed by atoms with Crippen LogP contribution in [0.2, 0.25) is 0 Å². The lowest BCUT2D eigenvalue weighted by molar-refractivity contribution is 0.0956. The van der Waals surface area contributed by atoms with Gasteiger partial charge < -0.3 is 5.32 Å². The number of nitrogens with zero attached hydrogens (tertiary/aromatic N) is 2. The van der Waals surface area contributed by atoms with Crippen molar-refractivity contribution in [2.75, 3.05) is 18.8 Å². The van der Waals surface area contributed by atoms with E-state index in [-0.39, 0.29) is 29.8 Å². The molecule has 0 bridgehead atoms. The Bertz CT molecular complexity index is 1050. The number of nitrogens with one attached hydrogen (secondary N) is 2. The standard InChI is InChI=1S/C20H28N4O4S/c1-14-7-4-5-11-23(14)29(27,28)12-10-21-19(25)17-8-6-9-18(13-17)24-20(26)15(2)16(3)22-24/h6,8-9,13-14,22H,4-5,7,10-12H2,1-3H3,(H,21,25). The van der Waals surface area contributed by atoms with Crippen LogP contribution in [-0.4, -0.2) is 53.3 Å². The molecular formula is C20H28N4O4S. The summed E-state index contributed by atoms with van der Waals surface area (Å²) in [5.41, 5.74) is 2.14. The summed E-state index contributed by atoms with van der Waals surface area (Å²) in [5.74, 6) is -0.501. The number of aromatic amines is 1. The molecule has 158 valence electrons. The normalized spacial score (nSPS) is 18.0. The van der Waals surface area contributed by atoms with Gasteiger partial charge >= 0.3 is 0 Å². The molecule has 1 atom stereocenters. The van der Waals surface area contributed by atoms with Crippen LogP contribution in [0.5, 0.6) is 0 Å². The summed E-state index contributed by atoms with van der Waals surface area (Å²) in [4.78, 5) is 24.8. The van der Waals surface area contributed by atoms with Crippen LogP contribution in [-0.2, 0) is 10.0 Å². The molecule has 2 heterocycles. The fourth-order valence-electron chi connectivity index (χ4n) is 3.60. The van der Waals surface area contributed by atoms with Gasteiger partial charge in [0.1, 0.15) is 0 Å². The van der Waals surface area contributed by atoms with Crippen molar-refractivity contribution in [2.24, 2.45) is 0 Å². The third kappa shape index (κ3) is 4.62. The van der Waals surface area contributed by atoms with Crippen LogP contribution in [0, 0.1) is 13.8 Å². The first-order valence-electron chi connectivity index (χ1n) is 9.87. The molecule has 0 radical (unpaired) electrons. The first-order valence-corrected chi connectivity index (χ1v) is 11.5. The van der Waals surface area contributed by atoms with Gasteiger partial charge in [0.15, 0.2) is 0 Å². The summed E-state index contributed by atoms with van der Waals surface area (Å²) in [6.07, 6.45) is 2.79. The highest BCUT2D eigenvalue weighted by molar-refractivity contribution is 7.89. The Labute approximate surface area is 170 Å². The monoisotopic (exact) mass is 420 g/mol. The van der Waals surface area contributed by atoms with E-state index in [1.807, 2.05) is 13.8 Å². The van der Waals surface area contributed by atoms with Crippen LogP contribution in [0.15, 0.2) is 29.1 Å². The Morgan fingerprint density at radius 3 is 2.69 bits per heavy atom. The van der Waals surface area contributed by atoms with E-state index >= 15 is 0 Å². The molecule has 3 rings (SSSR count). The molecule has 8 nitrogen and oxygen atoms in total. The third-order valence-electron chi connectivity index (χ3n) is 5.48. The van der Waals surface area contributed by atoms with Crippen LogP contribution in [0.25, 0.3) is 5.69 Å². The number of carbonyl (C=O) groups excluding carboxylic acids is 1. The van der Waals surface area contributed by atoms with Gasteiger partial charge in [-0.2, -0.15) is 4.31 Å². The van der Waals surface area contributed by atoms with Gasteiger partial charge in [0, 0.05) is 36.0 Å². The minimum atomic E-state index is -3.40. The van der Waals surface area contributed by atoms with Crippen molar-refractivity contribution in [2.45, 2.75) is 46.1 Å². The summed E-state index contributed by atoms with van der Waals surface area (Å²) in [5, 5.41) is 5.66. The zero-order chi connectivity index (χ0) is 21.2. The third-order valence-corrected chi connectivity index (χ3v) is 7.45. The number of aryl methyl sites for hydroxylation is 1. The Balaban J connectivity index is 1.65. The highest BCUT2D eigenvalue weighted by atomic mass is 32.2. The van der Waals surface area contributed by atoms with E-state index in [9.17, 15) is 18.0 Å². The Hall–Kier alpha value is -2.39. The lowest BCUT2D eigenvalue weighted by Crippen LogP contribution is -2.45. The molecule has 1 aliphatic rings. The number of hydrogen-bond donors (Lipinski definition) is 2. The molecule has 0 aliphatic carbocycles. The largest absolute Gasteiger partial charge is 0.351 e. The Kier molecular flexibility index (Phi) is 6.28. The average molecular weight is 421 g/mol. The lowest BCUT2D eigenvalue weighted by Gasteiger charge is -2.32. The van der Waals surface area contributed by atoms with Gasteiger partial charge in [-0.15, -0.1) is 0 Å². The number of carbonyl (C=O) groups is 1. The molecule has 1 saturated heterocycles. The quantitative estimate of drug-likeness (QED) is 0.742. The molecule has 0 spiro atoms. The molecule has 2 aromatic rings. The van der Waals surface area contributed by atoms with Crippen molar-refractivity contribution in [1.29, 1.82) is 0 Å². The van der Waals surface area contributed by atoms with E-state index in [1.54, 1.807) is 35.5 Å². The predicted molar refractivity (Wildman–Crippen MR) is 112 cm³/mol. The van der Waals surface area contributed by atoms with E-state index in [2.05, 4.69) is 10.4 Å². The molecule has 9 heteroatoms. The van der Waals surface area contributed by atoms with E-state index in [4.69, 9.17) is 0 Å². The first-order chi connectivity index (χ1) is 13.7. The van der Waals surface area contributed by atoms with Crippen molar-refractivity contribution in [3.8, 4) is 5.69 Å². The number of H-pyrrole nitrogens is 1. The van der Waals surface area contributed by atoms with Gasteiger partial charge in [0.25, 0.3) is 11.5 Å². The minimum absolute atomic E-state index is 0.00662. The molecule has 29 heavy (non-hydrogen) atoms. The van der Waals surface area contributed by atoms with Crippen molar-refractivity contribution in [3.63, 3.8) is 0 Å². The van der Waals surface area contributed by atoms with Crippen molar-refractivity contribution in [3.05, 3.63) is 51.4 Å². The van der Waals surface area contributed by atoms with Crippen molar-refractivity contribution in [1.82, 2.24) is 19.4 Å². The van der Waals surface area contributed by atoms with E-state index in [0.29, 0.717) is 23.4 Å². The van der Waals surface area contributed by atoms with E-state index in [0.717, 1.165) is 25.0 Å². The molecule has 0 saturated carbocycles. The summed E-state index contributed by atoms with van der Waals surface area (Å²) >= 11 is 0. The van der Waals surface area contributed by atoms with Crippen molar-refractivity contribution >= 4 is 15.9 Å². The maximum Gasteiger partial charge on any atom is 0.274 e. The SMILES string of the molecule is Cc1[nH]n(-c2cccc(C(=O)NCCS(=O)(=O)N3CCCCC3C)c2)c(=O)c1C. The summed E-state index contributed by atoms with van der Waals surface area (Å²) < 4.78 is 28.1. The number of sulfonamides is 1. The number of piperidine rings is 1. The van der Waals surface area contributed by atoms with Gasteiger partial charge in [-0.3, -0.25) is 14.7 Å². The van der Waals surface area contributed by atoms with Crippen LogP contribution >= 0.6 is 0 Å². The molecule has 1 amide bonds. The molecule has 2 N–H and O–H groups in total. The van der Waals surface area contributed by atoms with Gasteiger partial charge in [0.2, 0.25) is 10.0 Å². The smallest absolute Gasteiger partial charge is 0.274 e. The zero-order valence-corrected chi connectivity index (χ0v) is 17.9. The summed E-state index contributed by atoms with van der Waals surface area (Å²) in [7, 11) is -3.40. The topological polar surface area (TPSA) is 104 Å². The van der Waals surface area contributed by atoms with Gasteiger partial charge in [0.05, 0.1) is 11.4 Å². The summed E-state index contributed by atoms with van der Waals surface area (Å²) in [6, 6.07) is 6.66. The second-order valence-electron chi connectivity index (χ2n) is 7.58.